The summed E-state index contributed by atoms with van der Waals surface area (Å²) in [6, 6.07) is 7.91. The van der Waals surface area contributed by atoms with E-state index in [1.54, 1.807) is 6.20 Å². The maximum atomic E-state index is 12.8. The zero-order chi connectivity index (χ0) is 14.7. The molecular formula is C17H21N3O. The second-order valence-electron chi connectivity index (χ2n) is 5.77. The van der Waals surface area contributed by atoms with Gasteiger partial charge in [0.05, 0.1) is 11.1 Å². The molecule has 0 radical (unpaired) electrons. The van der Waals surface area contributed by atoms with Gasteiger partial charge in [-0.05, 0) is 43.3 Å². The molecule has 1 aliphatic heterocycles. The van der Waals surface area contributed by atoms with Crippen molar-refractivity contribution in [2.24, 2.45) is 5.41 Å². The van der Waals surface area contributed by atoms with Crippen LogP contribution in [-0.2, 0) is 4.79 Å². The average Bonchev–Trinajstić information content (AvgIpc) is 2.56. The molecule has 1 amide bonds. The molecule has 110 valence electrons. The number of hydrogen-bond donors (Lipinski definition) is 2. The van der Waals surface area contributed by atoms with Crippen LogP contribution >= 0.6 is 0 Å². The number of hydrogen-bond acceptors (Lipinski definition) is 3. The van der Waals surface area contributed by atoms with E-state index in [1.165, 1.54) is 0 Å². The molecule has 0 aliphatic carbocycles. The van der Waals surface area contributed by atoms with Gasteiger partial charge in [-0.2, -0.15) is 0 Å². The summed E-state index contributed by atoms with van der Waals surface area (Å²) in [6.45, 7) is 3.86. The van der Waals surface area contributed by atoms with Crippen molar-refractivity contribution < 1.29 is 4.79 Å². The summed E-state index contributed by atoms with van der Waals surface area (Å²) in [5.41, 5.74) is 0.562. The summed E-state index contributed by atoms with van der Waals surface area (Å²) in [7, 11) is 0. The van der Waals surface area contributed by atoms with Gasteiger partial charge in [0.1, 0.15) is 0 Å². The fraction of sp³-hybridized carbons (Fsp3) is 0.412. The Hall–Kier alpha value is -1.94. The van der Waals surface area contributed by atoms with Crippen LogP contribution in [0.25, 0.3) is 10.8 Å². The SMILES string of the molecule is CCC1(C(=O)Nc2cccc3ccncc23)CCCNC1. The van der Waals surface area contributed by atoms with E-state index in [0.29, 0.717) is 0 Å². The Labute approximate surface area is 125 Å². The molecule has 21 heavy (non-hydrogen) atoms. The Morgan fingerprint density at radius 1 is 1.43 bits per heavy atom. The van der Waals surface area contributed by atoms with Crippen molar-refractivity contribution in [3.63, 3.8) is 0 Å². The molecule has 1 fully saturated rings. The monoisotopic (exact) mass is 283 g/mol. The highest BCUT2D eigenvalue weighted by molar-refractivity contribution is 6.03. The number of fused-ring (bicyclic) bond motifs is 1. The first-order valence-electron chi connectivity index (χ1n) is 7.60. The van der Waals surface area contributed by atoms with Crippen molar-refractivity contribution in [1.29, 1.82) is 0 Å². The fourth-order valence-corrected chi connectivity index (χ4v) is 3.10. The zero-order valence-electron chi connectivity index (χ0n) is 12.4. The number of anilines is 1. The van der Waals surface area contributed by atoms with Gasteiger partial charge in [0, 0.05) is 24.3 Å². The summed E-state index contributed by atoms with van der Waals surface area (Å²) in [4.78, 5) is 17.0. The van der Waals surface area contributed by atoms with E-state index in [2.05, 4.69) is 22.5 Å². The van der Waals surface area contributed by atoms with Crippen molar-refractivity contribution in [3.05, 3.63) is 36.7 Å². The number of rotatable bonds is 3. The molecule has 0 bridgehead atoms. The first kappa shape index (κ1) is 14.0. The van der Waals surface area contributed by atoms with Gasteiger partial charge in [0.25, 0.3) is 0 Å². The minimum Gasteiger partial charge on any atom is -0.325 e. The van der Waals surface area contributed by atoms with Gasteiger partial charge in [0.15, 0.2) is 0 Å². The minimum atomic E-state index is -0.289. The first-order chi connectivity index (χ1) is 10.2. The van der Waals surface area contributed by atoms with Gasteiger partial charge >= 0.3 is 0 Å². The predicted octanol–water partition coefficient (Wildman–Crippen LogP) is 2.95. The molecule has 1 aromatic carbocycles. The maximum absolute atomic E-state index is 12.8. The Kier molecular flexibility index (Phi) is 3.88. The summed E-state index contributed by atoms with van der Waals surface area (Å²) < 4.78 is 0. The zero-order valence-corrected chi connectivity index (χ0v) is 12.4. The van der Waals surface area contributed by atoms with Gasteiger partial charge in [-0.3, -0.25) is 9.78 Å². The predicted molar refractivity (Wildman–Crippen MR) is 85.2 cm³/mol. The summed E-state index contributed by atoms with van der Waals surface area (Å²) in [5, 5.41) is 8.57. The first-order valence-corrected chi connectivity index (χ1v) is 7.60. The molecule has 4 heteroatoms. The quantitative estimate of drug-likeness (QED) is 0.910. The van der Waals surface area contributed by atoms with Crippen molar-refractivity contribution in [1.82, 2.24) is 10.3 Å². The molecule has 0 saturated carbocycles. The molecule has 1 aromatic heterocycles. The molecule has 2 aromatic rings. The molecule has 0 spiro atoms. The lowest BCUT2D eigenvalue weighted by atomic mass is 9.77. The van der Waals surface area contributed by atoms with Crippen LogP contribution in [0.3, 0.4) is 0 Å². The van der Waals surface area contributed by atoms with Crippen molar-refractivity contribution in [2.45, 2.75) is 26.2 Å². The Balaban J connectivity index is 1.89. The van der Waals surface area contributed by atoms with Crippen LogP contribution in [0.2, 0.25) is 0 Å². The van der Waals surface area contributed by atoms with Crippen LogP contribution in [-0.4, -0.2) is 24.0 Å². The topological polar surface area (TPSA) is 54.0 Å². The average molecular weight is 283 g/mol. The number of nitrogens with one attached hydrogen (secondary N) is 2. The molecule has 1 unspecified atom stereocenters. The lowest BCUT2D eigenvalue weighted by Crippen LogP contribution is -2.47. The number of amides is 1. The Morgan fingerprint density at radius 3 is 3.10 bits per heavy atom. The van der Waals surface area contributed by atoms with Crippen LogP contribution < -0.4 is 10.6 Å². The van der Waals surface area contributed by atoms with Crippen LogP contribution in [0.5, 0.6) is 0 Å². The van der Waals surface area contributed by atoms with Gasteiger partial charge in [-0.1, -0.05) is 19.1 Å². The molecule has 1 aliphatic rings. The van der Waals surface area contributed by atoms with Crippen molar-refractivity contribution in [2.75, 3.05) is 18.4 Å². The third-order valence-corrected chi connectivity index (χ3v) is 4.56. The molecule has 1 saturated heterocycles. The number of pyridine rings is 1. The normalized spacial score (nSPS) is 22.1. The van der Waals surface area contributed by atoms with Gasteiger partial charge < -0.3 is 10.6 Å². The molecule has 1 atom stereocenters. The van der Waals surface area contributed by atoms with E-state index in [1.807, 2.05) is 30.5 Å². The van der Waals surface area contributed by atoms with E-state index in [9.17, 15) is 4.79 Å². The maximum Gasteiger partial charge on any atom is 0.231 e. The molecule has 4 nitrogen and oxygen atoms in total. The molecule has 2 N–H and O–H groups in total. The van der Waals surface area contributed by atoms with E-state index in [4.69, 9.17) is 0 Å². The molecule has 3 rings (SSSR count). The van der Waals surface area contributed by atoms with E-state index in [-0.39, 0.29) is 11.3 Å². The van der Waals surface area contributed by atoms with E-state index in [0.717, 1.165) is 48.8 Å². The van der Waals surface area contributed by atoms with Crippen LogP contribution in [0.1, 0.15) is 26.2 Å². The number of piperidine rings is 1. The largest absolute Gasteiger partial charge is 0.325 e. The lowest BCUT2D eigenvalue weighted by molar-refractivity contribution is -0.126. The number of aromatic nitrogens is 1. The van der Waals surface area contributed by atoms with E-state index < -0.39 is 0 Å². The second kappa shape index (κ2) is 5.82. The van der Waals surface area contributed by atoms with Gasteiger partial charge in [-0.15, -0.1) is 0 Å². The fourth-order valence-electron chi connectivity index (χ4n) is 3.10. The highest BCUT2D eigenvalue weighted by atomic mass is 16.2. The summed E-state index contributed by atoms with van der Waals surface area (Å²) in [6.07, 6.45) is 6.44. The Bertz CT molecular complexity index is 642. The standard InChI is InChI=1S/C17H21N3O/c1-2-17(8-4-9-19-12-17)16(21)20-15-6-3-5-13-7-10-18-11-14(13)15/h3,5-7,10-11,19H,2,4,8-9,12H2,1H3,(H,20,21). The second-order valence-corrected chi connectivity index (χ2v) is 5.77. The van der Waals surface area contributed by atoms with Gasteiger partial charge in [-0.25, -0.2) is 0 Å². The number of nitrogens with zero attached hydrogens (tertiary/aromatic N) is 1. The molecule has 2 heterocycles. The van der Waals surface area contributed by atoms with E-state index >= 15 is 0 Å². The van der Waals surface area contributed by atoms with Gasteiger partial charge in [0.2, 0.25) is 5.91 Å². The van der Waals surface area contributed by atoms with Crippen molar-refractivity contribution in [3.8, 4) is 0 Å². The number of carbonyl (C=O) groups excluding carboxylic acids is 1. The number of benzene rings is 1. The van der Waals surface area contributed by atoms with Crippen molar-refractivity contribution >= 4 is 22.4 Å². The lowest BCUT2D eigenvalue weighted by Gasteiger charge is -2.35. The highest BCUT2D eigenvalue weighted by Gasteiger charge is 2.37. The Morgan fingerprint density at radius 2 is 2.33 bits per heavy atom. The summed E-state index contributed by atoms with van der Waals surface area (Å²) in [5.74, 6) is 0.119. The molecular weight excluding hydrogens is 262 g/mol. The van der Waals surface area contributed by atoms with Crippen LogP contribution in [0, 0.1) is 5.41 Å². The number of carbonyl (C=O) groups is 1. The summed E-state index contributed by atoms with van der Waals surface area (Å²) >= 11 is 0. The minimum absolute atomic E-state index is 0.119. The van der Waals surface area contributed by atoms with Crippen LogP contribution in [0.15, 0.2) is 36.7 Å². The smallest absolute Gasteiger partial charge is 0.231 e. The third kappa shape index (κ3) is 2.63. The highest BCUT2D eigenvalue weighted by Crippen LogP contribution is 2.32. The third-order valence-electron chi connectivity index (χ3n) is 4.56. The van der Waals surface area contributed by atoms with Crippen LogP contribution in [0.4, 0.5) is 5.69 Å².